The first-order chi connectivity index (χ1) is 14.4. The molecule has 2 amide bonds. The lowest BCUT2D eigenvalue weighted by Gasteiger charge is -2.25. The molecule has 0 bridgehead atoms. The minimum absolute atomic E-state index is 0.105. The van der Waals surface area contributed by atoms with Crippen molar-refractivity contribution in [1.82, 2.24) is 5.32 Å². The summed E-state index contributed by atoms with van der Waals surface area (Å²) in [4.78, 5) is 24.6. The number of carbonyl (C=O) groups excluding carboxylic acids is 2. The van der Waals surface area contributed by atoms with Gasteiger partial charge in [-0.25, -0.2) is 0 Å². The molecule has 1 heterocycles. The Hall–Kier alpha value is -3.04. The molecule has 1 atom stereocenters. The highest BCUT2D eigenvalue weighted by molar-refractivity contribution is 8.03. The van der Waals surface area contributed by atoms with Crippen LogP contribution in [-0.4, -0.2) is 17.6 Å². The molecule has 0 radical (unpaired) electrons. The molecule has 1 aliphatic heterocycles. The van der Waals surface area contributed by atoms with Gasteiger partial charge in [-0.3, -0.25) is 9.59 Å². The highest BCUT2D eigenvalue weighted by atomic mass is 32.2. The van der Waals surface area contributed by atoms with Crippen LogP contribution in [-0.2, 0) is 9.59 Å². The molecule has 6 heteroatoms. The quantitative estimate of drug-likeness (QED) is 0.703. The van der Waals surface area contributed by atoms with Crippen LogP contribution in [0.1, 0.15) is 48.8 Å². The van der Waals surface area contributed by atoms with E-state index in [1.807, 2.05) is 55.5 Å². The van der Waals surface area contributed by atoms with Gasteiger partial charge in [-0.2, -0.15) is 5.26 Å². The fourth-order valence-electron chi connectivity index (χ4n) is 3.30. The average molecular weight is 420 g/mol. The van der Waals surface area contributed by atoms with Crippen LogP contribution in [0.5, 0.6) is 0 Å². The third kappa shape index (κ3) is 5.31. The Labute approximate surface area is 181 Å². The topological polar surface area (TPSA) is 82.0 Å². The Morgan fingerprint density at radius 2 is 1.87 bits per heavy atom. The second-order valence-electron chi connectivity index (χ2n) is 7.68. The van der Waals surface area contributed by atoms with Crippen molar-refractivity contribution < 1.29 is 9.59 Å². The summed E-state index contributed by atoms with van der Waals surface area (Å²) in [5.74, 6) is -0.113. The van der Waals surface area contributed by atoms with Gasteiger partial charge in [0.1, 0.15) is 0 Å². The van der Waals surface area contributed by atoms with E-state index in [1.165, 1.54) is 17.3 Å². The van der Waals surface area contributed by atoms with Crippen LogP contribution in [0.2, 0.25) is 0 Å². The van der Waals surface area contributed by atoms with Gasteiger partial charge >= 0.3 is 0 Å². The van der Waals surface area contributed by atoms with Crippen LogP contribution >= 0.6 is 11.8 Å². The van der Waals surface area contributed by atoms with E-state index in [2.05, 4.69) is 30.6 Å². The first kappa shape index (κ1) is 21.7. The molecule has 0 unspecified atom stereocenters. The Balaban J connectivity index is 1.74. The van der Waals surface area contributed by atoms with Crippen molar-refractivity contribution in [1.29, 1.82) is 5.26 Å². The van der Waals surface area contributed by atoms with Gasteiger partial charge in [0, 0.05) is 18.0 Å². The zero-order valence-corrected chi connectivity index (χ0v) is 18.2. The number of allylic oxidation sites excluding steroid dienone is 1. The minimum atomic E-state index is -0.298. The van der Waals surface area contributed by atoms with Gasteiger partial charge in [0.2, 0.25) is 11.8 Å². The predicted octanol–water partition coefficient (Wildman–Crippen LogP) is 4.83. The van der Waals surface area contributed by atoms with E-state index < -0.39 is 0 Å². The SMILES string of the molecule is Cc1ccc(NC(=O)CSC2=C(C#N)[C@H](c3ccc(C(C)C)cc3)CC(=O)N2)cc1. The predicted molar refractivity (Wildman–Crippen MR) is 121 cm³/mol. The summed E-state index contributed by atoms with van der Waals surface area (Å²) >= 11 is 1.18. The molecule has 154 valence electrons. The zero-order chi connectivity index (χ0) is 21.7. The maximum Gasteiger partial charge on any atom is 0.234 e. The van der Waals surface area contributed by atoms with Gasteiger partial charge < -0.3 is 10.6 Å². The third-order valence-corrected chi connectivity index (χ3v) is 6.06. The number of benzene rings is 2. The fraction of sp³-hybridized carbons (Fsp3) is 0.292. The van der Waals surface area contributed by atoms with Crippen molar-refractivity contribution >= 4 is 29.3 Å². The molecule has 0 aliphatic carbocycles. The highest BCUT2D eigenvalue weighted by Crippen LogP contribution is 2.36. The van der Waals surface area contributed by atoms with Crippen LogP contribution in [0.4, 0.5) is 5.69 Å². The molecule has 0 aromatic heterocycles. The summed E-state index contributed by atoms with van der Waals surface area (Å²) in [7, 11) is 0. The highest BCUT2D eigenvalue weighted by Gasteiger charge is 2.29. The molecule has 2 aromatic carbocycles. The number of carbonyl (C=O) groups is 2. The van der Waals surface area contributed by atoms with Gasteiger partial charge in [-0.05, 0) is 36.1 Å². The number of thioether (sulfide) groups is 1. The standard InChI is InChI=1S/C24H25N3O2S/c1-15(2)17-6-8-18(9-7-17)20-12-22(28)27-24(21(20)13-25)30-14-23(29)26-19-10-4-16(3)5-11-19/h4-11,15,20H,12,14H2,1-3H3,(H,26,29)(H,27,28)/t20-/m0/s1. The third-order valence-electron chi connectivity index (χ3n) is 5.04. The molecule has 0 saturated heterocycles. The van der Waals surface area contributed by atoms with Crippen molar-refractivity contribution in [3.63, 3.8) is 0 Å². The normalized spacial score (nSPS) is 16.2. The summed E-state index contributed by atoms with van der Waals surface area (Å²) in [5, 5.41) is 15.8. The Morgan fingerprint density at radius 1 is 1.20 bits per heavy atom. The molecule has 5 nitrogen and oxygen atoms in total. The summed E-state index contributed by atoms with van der Waals surface area (Å²) in [5.41, 5.74) is 4.48. The molecule has 1 aliphatic rings. The summed E-state index contributed by atoms with van der Waals surface area (Å²) in [6.45, 7) is 6.23. The van der Waals surface area contributed by atoms with Crippen LogP contribution in [0.25, 0.3) is 0 Å². The smallest absolute Gasteiger partial charge is 0.234 e. The van der Waals surface area contributed by atoms with Crippen molar-refractivity contribution in [3.8, 4) is 6.07 Å². The maximum atomic E-state index is 12.3. The van der Waals surface area contributed by atoms with E-state index in [4.69, 9.17) is 0 Å². The molecular weight excluding hydrogens is 394 g/mol. The number of aryl methyl sites for hydroxylation is 1. The summed E-state index contributed by atoms with van der Waals surface area (Å²) in [6.07, 6.45) is 0.226. The number of amides is 2. The van der Waals surface area contributed by atoms with Crippen LogP contribution in [0, 0.1) is 18.3 Å². The van der Waals surface area contributed by atoms with E-state index >= 15 is 0 Å². The van der Waals surface area contributed by atoms with E-state index in [-0.39, 0.29) is 29.9 Å². The van der Waals surface area contributed by atoms with E-state index in [9.17, 15) is 14.9 Å². The average Bonchev–Trinajstić information content (AvgIpc) is 2.73. The number of rotatable bonds is 6. The minimum Gasteiger partial charge on any atom is -0.325 e. The molecule has 2 N–H and O–H groups in total. The Bertz CT molecular complexity index is 1000. The molecular formula is C24H25N3O2S. The van der Waals surface area contributed by atoms with Crippen molar-refractivity contribution in [2.45, 2.75) is 39.0 Å². The zero-order valence-electron chi connectivity index (χ0n) is 17.4. The Kier molecular flexibility index (Phi) is 6.96. The maximum absolute atomic E-state index is 12.3. The van der Waals surface area contributed by atoms with E-state index in [1.54, 1.807) is 0 Å². The molecule has 2 aromatic rings. The fourth-order valence-corrected chi connectivity index (χ4v) is 4.18. The second-order valence-corrected chi connectivity index (χ2v) is 8.67. The molecule has 0 spiro atoms. The van der Waals surface area contributed by atoms with Gasteiger partial charge in [-0.15, -0.1) is 0 Å². The van der Waals surface area contributed by atoms with Gasteiger partial charge in [0.15, 0.2) is 0 Å². The van der Waals surface area contributed by atoms with Crippen LogP contribution in [0.3, 0.4) is 0 Å². The van der Waals surface area contributed by atoms with Crippen molar-refractivity contribution in [2.75, 3.05) is 11.1 Å². The lowest BCUT2D eigenvalue weighted by atomic mass is 9.86. The van der Waals surface area contributed by atoms with E-state index in [0.29, 0.717) is 16.5 Å². The molecule has 30 heavy (non-hydrogen) atoms. The molecule has 0 saturated carbocycles. The summed E-state index contributed by atoms with van der Waals surface area (Å²) in [6, 6.07) is 17.9. The number of anilines is 1. The van der Waals surface area contributed by atoms with Crippen LogP contribution in [0.15, 0.2) is 59.1 Å². The number of nitrogens with one attached hydrogen (secondary N) is 2. The van der Waals surface area contributed by atoms with Crippen molar-refractivity contribution in [2.24, 2.45) is 0 Å². The Morgan fingerprint density at radius 3 is 2.47 bits per heavy atom. The lowest BCUT2D eigenvalue weighted by Crippen LogP contribution is -2.31. The number of nitriles is 1. The first-order valence-electron chi connectivity index (χ1n) is 9.90. The molecule has 3 rings (SSSR count). The molecule has 0 fully saturated rings. The van der Waals surface area contributed by atoms with Gasteiger partial charge in [-0.1, -0.05) is 67.6 Å². The number of nitrogens with zero attached hydrogens (tertiary/aromatic N) is 1. The first-order valence-corrected chi connectivity index (χ1v) is 10.9. The van der Waals surface area contributed by atoms with Gasteiger partial charge in [0.05, 0.1) is 22.4 Å². The largest absolute Gasteiger partial charge is 0.325 e. The van der Waals surface area contributed by atoms with Crippen LogP contribution < -0.4 is 10.6 Å². The van der Waals surface area contributed by atoms with Crippen molar-refractivity contribution in [3.05, 3.63) is 75.8 Å². The monoisotopic (exact) mass is 419 g/mol. The summed E-state index contributed by atoms with van der Waals surface area (Å²) < 4.78 is 0. The number of hydrogen-bond acceptors (Lipinski definition) is 4. The lowest BCUT2D eigenvalue weighted by molar-refractivity contribution is -0.121. The van der Waals surface area contributed by atoms with E-state index in [0.717, 1.165) is 16.8 Å². The number of hydrogen-bond donors (Lipinski definition) is 2. The second kappa shape index (κ2) is 9.64. The van der Waals surface area contributed by atoms with Gasteiger partial charge in [0.25, 0.3) is 0 Å².